The molecule has 1 unspecified atom stereocenters. The van der Waals surface area contributed by atoms with Crippen molar-refractivity contribution in [1.82, 2.24) is 0 Å². The molecule has 2 aliphatic rings. The van der Waals surface area contributed by atoms with Crippen LogP contribution in [0.4, 0.5) is 0 Å². The number of rotatable bonds is 4. The first-order valence-electron chi connectivity index (χ1n) is 6.12. The monoisotopic (exact) mass is 213 g/mol. The van der Waals surface area contributed by atoms with Gasteiger partial charge in [0, 0.05) is 18.6 Å². The molecule has 88 valence electrons. The van der Waals surface area contributed by atoms with Gasteiger partial charge in [-0.2, -0.15) is 0 Å². The summed E-state index contributed by atoms with van der Waals surface area (Å²) in [5.41, 5.74) is 6.16. The van der Waals surface area contributed by atoms with Gasteiger partial charge in [-0.25, -0.2) is 0 Å². The van der Waals surface area contributed by atoms with Gasteiger partial charge < -0.3 is 15.2 Å². The fraction of sp³-hybridized carbons (Fsp3) is 1.00. The lowest BCUT2D eigenvalue weighted by Gasteiger charge is -2.50. The van der Waals surface area contributed by atoms with E-state index in [0.29, 0.717) is 11.3 Å². The van der Waals surface area contributed by atoms with Crippen LogP contribution >= 0.6 is 0 Å². The minimum atomic E-state index is 0.433. The molecule has 0 aliphatic carbocycles. The van der Waals surface area contributed by atoms with Gasteiger partial charge in [-0.3, -0.25) is 0 Å². The Morgan fingerprint density at radius 3 is 2.40 bits per heavy atom. The van der Waals surface area contributed by atoms with E-state index in [1.54, 1.807) is 0 Å². The van der Waals surface area contributed by atoms with E-state index in [2.05, 4.69) is 6.92 Å². The first-order valence-corrected chi connectivity index (χ1v) is 6.12. The number of hydrogen-bond acceptors (Lipinski definition) is 3. The van der Waals surface area contributed by atoms with Crippen LogP contribution in [-0.2, 0) is 9.47 Å². The van der Waals surface area contributed by atoms with Crippen molar-refractivity contribution < 1.29 is 9.47 Å². The molecule has 2 saturated heterocycles. The SMILES string of the molecule is CC(CN)CC1(C2CCOCC2)COC1. The molecule has 0 saturated carbocycles. The normalized spacial score (nSPS) is 28.4. The van der Waals surface area contributed by atoms with Gasteiger partial charge in [-0.05, 0) is 37.6 Å². The van der Waals surface area contributed by atoms with Crippen molar-refractivity contribution in [1.29, 1.82) is 0 Å². The third kappa shape index (κ3) is 2.35. The van der Waals surface area contributed by atoms with Crippen LogP contribution in [0.15, 0.2) is 0 Å². The standard InChI is InChI=1S/C12H23NO2/c1-10(7-13)6-12(8-15-9-12)11-2-4-14-5-3-11/h10-11H,2-9,13H2,1H3. The Morgan fingerprint density at radius 1 is 1.27 bits per heavy atom. The van der Waals surface area contributed by atoms with Crippen LogP contribution in [-0.4, -0.2) is 33.0 Å². The van der Waals surface area contributed by atoms with Gasteiger partial charge in [-0.15, -0.1) is 0 Å². The zero-order chi connectivity index (χ0) is 10.7. The maximum atomic E-state index is 5.72. The number of nitrogens with two attached hydrogens (primary N) is 1. The van der Waals surface area contributed by atoms with E-state index in [0.717, 1.165) is 38.9 Å². The molecule has 2 aliphatic heterocycles. The molecule has 0 aromatic heterocycles. The average Bonchev–Trinajstić information content (AvgIpc) is 2.24. The summed E-state index contributed by atoms with van der Waals surface area (Å²) in [7, 11) is 0. The second-order valence-corrected chi connectivity index (χ2v) is 5.29. The van der Waals surface area contributed by atoms with Gasteiger partial charge in [-0.1, -0.05) is 6.92 Å². The van der Waals surface area contributed by atoms with Gasteiger partial charge in [0.1, 0.15) is 0 Å². The summed E-state index contributed by atoms with van der Waals surface area (Å²) < 4.78 is 10.9. The van der Waals surface area contributed by atoms with Crippen LogP contribution in [0.2, 0.25) is 0 Å². The van der Waals surface area contributed by atoms with Crippen LogP contribution in [0, 0.1) is 17.3 Å². The molecule has 0 spiro atoms. The molecule has 2 N–H and O–H groups in total. The van der Waals surface area contributed by atoms with Crippen LogP contribution in [0.25, 0.3) is 0 Å². The largest absolute Gasteiger partial charge is 0.381 e. The molecule has 15 heavy (non-hydrogen) atoms. The summed E-state index contributed by atoms with van der Waals surface area (Å²) in [5, 5.41) is 0. The molecule has 2 heterocycles. The van der Waals surface area contributed by atoms with Crippen LogP contribution < -0.4 is 5.73 Å². The Balaban J connectivity index is 1.94. The quantitative estimate of drug-likeness (QED) is 0.768. The maximum absolute atomic E-state index is 5.72. The summed E-state index contributed by atoms with van der Waals surface area (Å²) in [6.07, 6.45) is 3.65. The van der Waals surface area contributed by atoms with Crippen molar-refractivity contribution >= 4 is 0 Å². The molecule has 2 rings (SSSR count). The molecule has 0 amide bonds. The summed E-state index contributed by atoms with van der Waals surface area (Å²) in [4.78, 5) is 0. The van der Waals surface area contributed by atoms with E-state index < -0.39 is 0 Å². The molecule has 0 aromatic rings. The fourth-order valence-electron chi connectivity index (χ4n) is 2.97. The molecule has 0 bridgehead atoms. The van der Waals surface area contributed by atoms with Crippen LogP contribution in [0.1, 0.15) is 26.2 Å². The minimum absolute atomic E-state index is 0.433. The van der Waals surface area contributed by atoms with Crippen molar-refractivity contribution in [3.05, 3.63) is 0 Å². The molecule has 1 atom stereocenters. The average molecular weight is 213 g/mol. The maximum Gasteiger partial charge on any atom is 0.0547 e. The highest BCUT2D eigenvalue weighted by atomic mass is 16.5. The second-order valence-electron chi connectivity index (χ2n) is 5.29. The predicted octanol–water partition coefficient (Wildman–Crippen LogP) is 1.41. The molecule has 3 nitrogen and oxygen atoms in total. The van der Waals surface area contributed by atoms with Gasteiger partial charge in [0.05, 0.1) is 13.2 Å². The zero-order valence-electron chi connectivity index (χ0n) is 9.71. The first-order chi connectivity index (χ1) is 7.27. The zero-order valence-corrected chi connectivity index (χ0v) is 9.71. The molecule has 2 fully saturated rings. The highest BCUT2D eigenvalue weighted by Gasteiger charge is 2.46. The lowest BCUT2D eigenvalue weighted by molar-refractivity contribution is -0.171. The van der Waals surface area contributed by atoms with E-state index in [-0.39, 0.29) is 0 Å². The van der Waals surface area contributed by atoms with E-state index in [9.17, 15) is 0 Å². The van der Waals surface area contributed by atoms with Crippen molar-refractivity contribution in [2.75, 3.05) is 33.0 Å². The van der Waals surface area contributed by atoms with E-state index >= 15 is 0 Å². The Bertz CT molecular complexity index is 198. The Morgan fingerprint density at radius 2 is 1.93 bits per heavy atom. The van der Waals surface area contributed by atoms with Crippen molar-refractivity contribution in [2.24, 2.45) is 23.0 Å². The molecule has 3 heteroatoms. The molecule has 0 aromatic carbocycles. The van der Waals surface area contributed by atoms with Gasteiger partial charge >= 0.3 is 0 Å². The second kappa shape index (κ2) is 4.81. The summed E-state index contributed by atoms with van der Waals surface area (Å²) >= 11 is 0. The number of ether oxygens (including phenoxy) is 2. The van der Waals surface area contributed by atoms with E-state index in [1.165, 1.54) is 19.3 Å². The highest BCUT2D eigenvalue weighted by molar-refractivity contribution is 4.93. The minimum Gasteiger partial charge on any atom is -0.381 e. The van der Waals surface area contributed by atoms with Crippen molar-refractivity contribution in [3.8, 4) is 0 Å². The Kier molecular flexibility index (Phi) is 3.65. The fourth-order valence-corrected chi connectivity index (χ4v) is 2.97. The highest BCUT2D eigenvalue weighted by Crippen LogP contribution is 2.45. The van der Waals surface area contributed by atoms with Gasteiger partial charge in [0.2, 0.25) is 0 Å². The Hall–Kier alpha value is -0.120. The van der Waals surface area contributed by atoms with E-state index in [1.807, 2.05) is 0 Å². The molecule has 0 radical (unpaired) electrons. The van der Waals surface area contributed by atoms with Gasteiger partial charge in [0.15, 0.2) is 0 Å². The summed E-state index contributed by atoms with van der Waals surface area (Å²) in [5.74, 6) is 1.42. The topological polar surface area (TPSA) is 44.5 Å². The first kappa shape index (κ1) is 11.4. The number of hydrogen-bond donors (Lipinski definition) is 1. The van der Waals surface area contributed by atoms with E-state index in [4.69, 9.17) is 15.2 Å². The summed E-state index contributed by atoms with van der Waals surface area (Å²) in [6, 6.07) is 0. The molecular formula is C12H23NO2. The summed E-state index contributed by atoms with van der Waals surface area (Å²) in [6.45, 7) is 6.81. The third-order valence-corrected chi connectivity index (χ3v) is 4.02. The third-order valence-electron chi connectivity index (χ3n) is 4.02. The van der Waals surface area contributed by atoms with Crippen LogP contribution in [0.5, 0.6) is 0 Å². The predicted molar refractivity (Wildman–Crippen MR) is 59.6 cm³/mol. The van der Waals surface area contributed by atoms with Crippen molar-refractivity contribution in [3.63, 3.8) is 0 Å². The Labute approximate surface area is 92.3 Å². The molecular weight excluding hydrogens is 190 g/mol. The lowest BCUT2D eigenvalue weighted by Crippen LogP contribution is -2.51. The van der Waals surface area contributed by atoms with Crippen LogP contribution in [0.3, 0.4) is 0 Å². The lowest BCUT2D eigenvalue weighted by atomic mass is 9.66. The van der Waals surface area contributed by atoms with Crippen molar-refractivity contribution in [2.45, 2.75) is 26.2 Å². The smallest absolute Gasteiger partial charge is 0.0547 e. The van der Waals surface area contributed by atoms with Gasteiger partial charge in [0.25, 0.3) is 0 Å².